The fourth-order valence-electron chi connectivity index (χ4n) is 9.78. The van der Waals surface area contributed by atoms with Crippen LogP contribution in [-0.4, -0.2) is 74.9 Å². The summed E-state index contributed by atoms with van der Waals surface area (Å²) >= 11 is 0. The van der Waals surface area contributed by atoms with Crippen LogP contribution in [0.3, 0.4) is 0 Å². The van der Waals surface area contributed by atoms with Crippen LogP contribution in [-0.2, 0) is 32.7 Å². The van der Waals surface area contributed by atoms with Gasteiger partial charge < -0.3 is 18.9 Å². The van der Waals surface area contributed by atoms with Gasteiger partial charge in [-0.1, -0.05) is 318 Å². The number of hydrogen-bond donors (Lipinski definition) is 1. The molecule has 2 atom stereocenters. The van der Waals surface area contributed by atoms with Crippen LogP contribution in [0.5, 0.6) is 0 Å². The zero-order valence-electron chi connectivity index (χ0n) is 60.6. The summed E-state index contributed by atoms with van der Waals surface area (Å²) < 4.78 is 34.7. The Morgan fingerprint density at radius 1 is 0.330 bits per heavy atom. The molecule has 0 aromatic heterocycles. The maximum Gasteiger partial charge on any atom is 0.472 e. The van der Waals surface area contributed by atoms with Gasteiger partial charge in [0.15, 0.2) is 6.10 Å². The molecule has 9 nitrogen and oxygen atoms in total. The van der Waals surface area contributed by atoms with Gasteiger partial charge in [-0.3, -0.25) is 18.6 Å². The molecule has 0 amide bonds. The number of carbonyl (C=O) groups is 2. The zero-order chi connectivity index (χ0) is 68.3. The van der Waals surface area contributed by atoms with Gasteiger partial charge in [0, 0.05) is 12.8 Å². The SMILES string of the molecule is CC/C=C\C/C=C\C/C=C\C/C=C\C/C=C\C/C=C\C/C=C\C/C=C\C/C=C\C/C=C\C/C=C\CCCCCCCCCC(=O)OC(COC(=O)CCCCCCCCCCCCCCCCCC/C=C\C/C=C\C/C=C\C/C=C\CC)COP(=O)(O)OCC[N+](C)(C)C. The first kappa shape index (κ1) is 89.1. The predicted molar refractivity (Wildman–Crippen MR) is 408 cm³/mol. The van der Waals surface area contributed by atoms with Gasteiger partial charge in [-0.15, -0.1) is 0 Å². The molecule has 0 heterocycles. The summed E-state index contributed by atoms with van der Waals surface area (Å²) in [6.45, 7) is 4.19. The monoisotopic (exact) mass is 1320 g/mol. The van der Waals surface area contributed by atoms with Crippen molar-refractivity contribution < 1.29 is 42.1 Å². The normalized spacial score (nSPS) is 14.1. The van der Waals surface area contributed by atoms with Crippen molar-refractivity contribution in [1.29, 1.82) is 0 Å². The van der Waals surface area contributed by atoms with Gasteiger partial charge in [0.05, 0.1) is 27.7 Å². The number of hydrogen-bond acceptors (Lipinski definition) is 7. The number of likely N-dealkylation sites (N-methyl/N-ethyl adjacent to an activating group) is 1. The molecule has 0 aliphatic carbocycles. The highest BCUT2D eigenvalue weighted by Crippen LogP contribution is 2.43. The molecule has 0 saturated heterocycles. The number of ether oxygens (including phenoxy) is 2. The van der Waals surface area contributed by atoms with Crippen molar-refractivity contribution in [2.75, 3.05) is 47.5 Å². The number of phosphoric acid groups is 1. The molecule has 0 saturated carbocycles. The third-order valence-electron chi connectivity index (χ3n) is 15.4. The van der Waals surface area contributed by atoms with Crippen molar-refractivity contribution in [2.24, 2.45) is 0 Å². The van der Waals surface area contributed by atoms with Crippen LogP contribution in [0.1, 0.15) is 284 Å². The first-order valence-corrected chi connectivity index (χ1v) is 39.0. The second-order valence-corrected chi connectivity index (χ2v) is 27.0. The third-order valence-corrected chi connectivity index (χ3v) is 16.4. The van der Waals surface area contributed by atoms with E-state index >= 15 is 0 Å². The second kappa shape index (κ2) is 72.4. The number of unbranched alkanes of at least 4 members (excludes halogenated alkanes) is 23. The van der Waals surface area contributed by atoms with Gasteiger partial charge in [-0.2, -0.15) is 0 Å². The number of phosphoric ester groups is 1. The first-order chi connectivity index (χ1) is 46.0. The van der Waals surface area contributed by atoms with E-state index < -0.39 is 26.5 Å². The number of quaternary nitrogens is 1. The molecular formula is C84H139NO8P+. The summed E-state index contributed by atoms with van der Waals surface area (Å²) in [6, 6.07) is 0. The summed E-state index contributed by atoms with van der Waals surface area (Å²) in [6.07, 6.45) is 111. The number of allylic oxidation sites excluding steroid dienone is 30. The zero-order valence-corrected chi connectivity index (χ0v) is 61.5. The van der Waals surface area contributed by atoms with Gasteiger partial charge in [0.25, 0.3) is 0 Å². The van der Waals surface area contributed by atoms with Crippen molar-refractivity contribution in [3.05, 3.63) is 182 Å². The highest BCUT2D eigenvalue weighted by atomic mass is 31.2. The molecule has 0 aliphatic rings. The van der Waals surface area contributed by atoms with Gasteiger partial charge in [0.1, 0.15) is 19.8 Å². The Bertz CT molecular complexity index is 2240. The van der Waals surface area contributed by atoms with E-state index in [-0.39, 0.29) is 32.0 Å². The van der Waals surface area contributed by atoms with E-state index in [2.05, 4.69) is 196 Å². The lowest BCUT2D eigenvalue weighted by atomic mass is 10.0. The number of carbonyl (C=O) groups excluding carboxylic acids is 2. The van der Waals surface area contributed by atoms with E-state index in [4.69, 9.17) is 18.5 Å². The lowest BCUT2D eigenvalue weighted by molar-refractivity contribution is -0.870. The topological polar surface area (TPSA) is 108 Å². The summed E-state index contributed by atoms with van der Waals surface area (Å²) in [5.41, 5.74) is 0. The van der Waals surface area contributed by atoms with Crippen LogP contribution in [0, 0.1) is 0 Å². The highest BCUT2D eigenvalue weighted by molar-refractivity contribution is 7.47. The molecule has 0 bridgehead atoms. The van der Waals surface area contributed by atoms with Crippen LogP contribution >= 0.6 is 7.82 Å². The van der Waals surface area contributed by atoms with Crippen molar-refractivity contribution in [3.63, 3.8) is 0 Å². The minimum Gasteiger partial charge on any atom is -0.462 e. The first-order valence-electron chi connectivity index (χ1n) is 37.5. The minimum atomic E-state index is -4.41. The lowest BCUT2D eigenvalue weighted by Gasteiger charge is -2.24. The van der Waals surface area contributed by atoms with Crippen LogP contribution in [0.2, 0.25) is 0 Å². The number of esters is 2. The highest BCUT2D eigenvalue weighted by Gasteiger charge is 2.27. The van der Waals surface area contributed by atoms with Crippen LogP contribution in [0.4, 0.5) is 0 Å². The molecule has 532 valence electrons. The lowest BCUT2D eigenvalue weighted by Crippen LogP contribution is -2.37. The van der Waals surface area contributed by atoms with Crippen LogP contribution in [0.15, 0.2) is 182 Å². The van der Waals surface area contributed by atoms with Crippen molar-refractivity contribution >= 4 is 19.8 Å². The molecule has 0 aromatic carbocycles. The molecule has 2 unspecified atom stereocenters. The van der Waals surface area contributed by atoms with Gasteiger partial charge in [0.2, 0.25) is 0 Å². The molecule has 0 aromatic rings. The Balaban J connectivity index is 4.11. The third kappa shape index (κ3) is 76.1. The average molecular weight is 1320 g/mol. The maximum absolute atomic E-state index is 12.9. The largest absolute Gasteiger partial charge is 0.472 e. The predicted octanol–water partition coefficient (Wildman–Crippen LogP) is 25.0. The second-order valence-electron chi connectivity index (χ2n) is 25.6. The summed E-state index contributed by atoms with van der Waals surface area (Å²) in [4.78, 5) is 35.9. The fraction of sp³-hybridized carbons (Fsp3) is 0.619. The Hall–Kier alpha value is -4.89. The van der Waals surface area contributed by atoms with Gasteiger partial charge >= 0.3 is 19.8 Å². The molecule has 0 spiro atoms. The molecular weight excluding hydrogens is 1180 g/mol. The fourth-order valence-corrected chi connectivity index (χ4v) is 10.5. The summed E-state index contributed by atoms with van der Waals surface area (Å²) in [7, 11) is 1.45. The van der Waals surface area contributed by atoms with E-state index in [1.165, 1.54) is 109 Å². The van der Waals surface area contributed by atoms with E-state index in [1.54, 1.807) is 0 Å². The van der Waals surface area contributed by atoms with Crippen molar-refractivity contribution in [3.8, 4) is 0 Å². The Labute approximate surface area is 578 Å². The summed E-state index contributed by atoms with van der Waals surface area (Å²) in [5, 5.41) is 0. The maximum atomic E-state index is 12.9. The van der Waals surface area contributed by atoms with E-state index in [9.17, 15) is 19.0 Å². The van der Waals surface area contributed by atoms with Gasteiger partial charge in [-0.05, 0) is 135 Å². The van der Waals surface area contributed by atoms with E-state index in [0.29, 0.717) is 17.4 Å². The molecule has 0 rings (SSSR count). The van der Waals surface area contributed by atoms with E-state index in [0.717, 1.165) is 141 Å². The smallest absolute Gasteiger partial charge is 0.462 e. The van der Waals surface area contributed by atoms with E-state index in [1.807, 2.05) is 21.1 Å². The molecule has 1 N–H and O–H groups in total. The molecule has 0 fully saturated rings. The summed E-state index contributed by atoms with van der Waals surface area (Å²) in [5.74, 6) is -0.815. The Morgan fingerprint density at radius 3 is 0.851 bits per heavy atom. The quantitative estimate of drug-likeness (QED) is 0.0211. The minimum absolute atomic E-state index is 0.0212. The van der Waals surface area contributed by atoms with Gasteiger partial charge in [-0.25, -0.2) is 4.57 Å². The molecule has 94 heavy (non-hydrogen) atoms. The average Bonchev–Trinajstić information content (AvgIpc) is 1.57. The Morgan fingerprint density at radius 2 is 0.574 bits per heavy atom. The Kier molecular flexibility index (Phi) is 68.6. The van der Waals surface area contributed by atoms with Crippen molar-refractivity contribution in [2.45, 2.75) is 290 Å². The standard InChI is InChI=1S/C84H138NO8P/c1-6-8-10-12-14-16-18-20-22-24-26-28-30-32-34-36-37-38-39-40-41-42-43-44-45-46-47-49-51-53-55-57-59-61-63-65-67-69-71-73-75-77-84(87)93-82(81-92-94(88,89)91-79-78-85(3,4)5)80-90-83(86)76-74-72-70-68-66-64-62-60-58-56-54-52-50-48-35-33-31-29-27-25-23-21-19-17-15-13-11-9-7-2/h8-11,14-17,20-23,26-29,32,34,37-38,40-41,43-44,46-47,51,53,57,59,82H,6-7,12-13,18-19,24-25,30-31,33,35-36,39,42,45,48-50,52,54-56,58,60-81H2,1-5H3/p+1/b10-8-,11-9-,16-14-,17-15-,22-20-,23-21-,28-26-,29-27-,34-32-,38-37-,41-40-,44-43-,47-46-,53-51-,59-57-. The van der Waals surface area contributed by atoms with Crippen molar-refractivity contribution in [1.82, 2.24) is 0 Å². The van der Waals surface area contributed by atoms with Crippen LogP contribution in [0.25, 0.3) is 0 Å². The molecule has 0 radical (unpaired) electrons. The van der Waals surface area contributed by atoms with Crippen LogP contribution < -0.4 is 0 Å². The number of nitrogens with zero attached hydrogens (tertiary/aromatic N) is 1. The molecule has 10 heteroatoms. The molecule has 0 aliphatic heterocycles. The number of rotatable bonds is 67.